The van der Waals surface area contributed by atoms with Gasteiger partial charge in [-0.25, -0.2) is 9.82 Å². The first kappa shape index (κ1) is 21.0. The SMILES string of the molecule is O=C(N/N=C\c1cccc(OCc2ccc(F)cc2)c1)C(=O)Nc1ccccc1Cl. The van der Waals surface area contributed by atoms with Crippen molar-refractivity contribution in [3.05, 3.63) is 94.8 Å². The minimum Gasteiger partial charge on any atom is -0.489 e. The van der Waals surface area contributed by atoms with E-state index in [2.05, 4.69) is 15.8 Å². The molecule has 3 aromatic rings. The number of para-hydroxylation sites is 1. The standard InChI is InChI=1S/C22H17ClFN3O3/c23-19-6-1-2-7-20(19)26-21(28)22(29)27-25-13-16-4-3-5-18(12-16)30-14-15-8-10-17(24)11-9-15/h1-13H,14H2,(H,26,28)(H,27,29)/b25-13-. The van der Waals surface area contributed by atoms with Crippen molar-refractivity contribution < 1.29 is 18.7 Å². The maximum atomic E-state index is 12.9. The summed E-state index contributed by atoms with van der Waals surface area (Å²) in [5, 5.41) is 6.50. The van der Waals surface area contributed by atoms with E-state index in [1.165, 1.54) is 18.3 Å². The van der Waals surface area contributed by atoms with Crippen LogP contribution < -0.4 is 15.5 Å². The molecule has 0 aliphatic rings. The molecule has 0 bridgehead atoms. The molecular weight excluding hydrogens is 409 g/mol. The van der Waals surface area contributed by atoms with Crippen molar-refractivity contribution in [1.29, 1.82) is 0 Å². The Morgan fingerprint density at radius 3 is 2.53 bits per heavy atom. The van der Waals surface area contributed by atoms with Gasteiger partial charge in [-0.1, -0.05) is 48.0 Å². The molecule has 2 N–H and O–H groups in total. The van der Waals surface area contributed by atoms with Gasteiger partial charge in [0.25, 0.3) is 0 Å². The topological polar surface area (TPSA) is 79.8 Å². The lowest BCUT2D eigenvalue weighted by molar-refractivity contribution is -0.136. The van der Waals surface area contributed by atoms with Crippen LogP contribution in [0.15, 0.2) is 77.9 Å². The summed E-state index contributed by atoms with van der Waals surface area (Å²) in [7, 11) is 0. The van der Waals surface area contributed by atoms with Gasteiger partial charge in [0.2, 0.25) is 0 Å². The third-order valence-corrected chi connectivity index (χ3v) is 4.21. The van der Waals surface area contributed by atoms with Crippen molar-refractivity contribution >= 4 is 35.3 Å². The molecule has 3 rings (SSSR count). The van der Waals surface area contributed by atoms with E-state index >= 15 is 0 Å². The van der Waals surface area contributed by atoms with E-state index in [1.807, 2.05) is 0 Å². The molecule has 0 heterocycles. The number of hydrogen-bond donors (Lipinski definition) is 2. The zero-order chi connectivity index (χ0) is 21.3. The lowest BCUT2D eigenvalue weighted by Gasteiger charge is -2.07. The minimum absolute atomic E-state index is 0.278. The summed E-state index contributed by atoms with van der Waals surface area (Å²) in [4.78, 5) is 23.8. The van der Waals surface area contributed by atoms with Crippen LogP contribution in [0, 0.1) is 5.82 Å². The van der Waals surface area contributed by atoms with Crippen LogP contribution in [0.1, 0.15) is 11.1 Å². The fourth-order valence-corrected chi connectivity index (χ4v) is 2.57. The van der Waals surface area contributed by atoms with Crippen molar-refractivity contribution in [2.45, 2.75) is 6.61 Å². The van der Waals surface area contributed by atoms with Crippen molar-refractivity contribution in [3.8, 4) is 5.75 Å². The summed E-state index contributed by atoms with van der Waals surface area (Å²) in [5.41, 5.74) is 3.96. The second-order valence-electron chi connectivity index (χ2n) is 6.12. The summed E-state index contributed by atoms with van der Waals surface area (Å²) < 4.78 is 18.6. The predicted octanol–water partition coefficient (Wildman–Crippen LogP) is 4.15. The zero-order valence-electron chi connectivity index (χ0n) is 15.6. The molecule has 0 aromatic heterocycles. The van der Waals surface area contributed by atoms with Gasteiger partial charge in [-0.05, 0) is 47.5 Å². The molecule has 0 saturated heterocycles. The first-order valence-electron chi connectivity index (χ1n) is 8.87. The Labute approximate surface area is 177 Å². The van der Waals surface area contributed by atoms with Gasteiger partial charge in [0.05, 0.1) is 16.9 Å². The molecule has 8 heteroatoms. The lowest BCUT2D eigenvalue weighted by Crippen LogP contribution is -2.32. The number of halogens is 2. The van der Waals surface area contributed by atoms with E-state index in [1.54, 1.807) is 60.7 Å². The Morgan fingerprint density at radius 1 is 1.00 bits per heavy atom. The highest BCUT2D eigenvalue weighted by Crippen LogP contribution is 2.20. The Bertz CT molecular complexity index is 1070. The van der Waals surface area contributed by atoms with E-state index in [4.69, 9.17) is 16.3 Å². The van der Waals surface area contributed by atoms with Crippen LogP contribution in [0.25, 0.3) is 0 Å². The Kier molecular flexibility index (Phi) is 7.13. The number of ether oxygens (including phenoxy) is 1. The highest BCUT2D eigenvalue weighted by atomic mass is 35.5. The average Bonchev–Trinajstić information content (AvgIpc) is 2.75. The Balaban J connectivity index is 1.52. The molecular formula is C22H17ClFN3O3. The van der Waals surface area contributed by atoms with Crippen LogP contribution in [0.4, 0.5) is 10.1 Å². The van der Waals surface area contributed by atoms with Gasteiger partial charge in [-0.2, -0.15) is 5.10 Å². The second-order valence-corrected chi connectivity index (χ2v) is 6.53. The van der Waals surface area contributed by atoms with Gasteiger partial charge in [-0.3, -0.25) is 9.59 Å². The zero-order valence-corrected chi connectivity index (χ0v) is 16.4. The van der Waals surface area contributed by atoms with E-state index in [-0.39, 0.29) is 12.4 Å². The summed E-state index contributed by atoms with van der Waals surface area (Å²) in [6.45, 7) is 0.278. The number of hydrogen-bond acceptors (Lipinski definition) is 4. The summed E-state index contributed by atoms with van der Waals surface area (Å²) in [6.07, 6.45) is 1.38. The third-order valence-electron chi connectivity index (χ3n) is 3.88. The average molecular weight is 426 g/mol. The molecule has 152 valence electrons. The fourth-order valence-electron chi connectivity index (χ4n) is 2.39. The number of nitrogens with one attached hydrogen (secondary N) is 2. The molecule has 0 atom stereocenters. The van der Waals surface area contributed by atoms with Gasteiger partial charge in [0, 0.05) is 0 Å². The van der Waals surface area contributed by atoms with Gasteiger partial charge in [0.15, 0.2) is 0 Å². The largest absolute Gasteiger partial charge is 0.489 e. The Hall–Kier alpha value is -3.71. The smallest absolute Gasteiger partial charge is 0.329 e. The minimum atomic E-state index is -0.935. The summed E-state index contributed by atoms with van der Waals surface area (Å²) >= 11 is 5.94. The summed E-state index contributed by atoms with van der Waals surface area (Å²) in [5.74, 6) is -1.56. The predicted molar refractivity (Wildman–Crippen MR) is 113 cm³/mol. The monoisotopic (exact) mass is 425 g/mol. The van der Waals surface area contributed by atoms with Crippen LogP contribution in [0.3, 0.4) is 0 Å². The van der Waals surface area contributed by atoms with Crippen molar-refractivity contribution in [3.63, 3.8) is 0 Å². The quantitative estimate of drug-likeness (QED) is 0.354. The lowest BCUT2D eigenvalue weighted by atomic mass is 10.2. The van der Waals surface area contributed by atoms with Crippen LogP contribution in [0.5, 0.6) is 5.75 Å². The van der Waals surface area contributed by atoms with Crippen molar-refractivity contribution in [1.82, 2.24) is 5.43 Å². The number of benzene rings is 3. The molecule has 30 heavy (non-hydrogen) atoms. The number of rotatable bonds is 6. The molecule has 6 nitrogen and oxygen atoms in total. The van der Waals surface area contributed by atoms with Crippen LogP contribution in [-0.2, 0) is 16.2 Å². The van der Waals surface area contributed by atoms with Crippen LogP contribution in [0.2, 0.25) is 5.02 Å². The Morgan fingerprint density at radius 2 is 1.77 bits per heavy atom. The van der Waals surface area contributed by atoms with Gasteiger partial charge < -0.3 is 10.1 Å². The fraction of sp³-hybridized carbons (Fsp3) is 0.0455. The number of hydrazone groups is 1. The molecule has 0 saturated carbocycles. The van der Waals surface area contributed by atoms with Crippen molar-refractivity contribution in [2.24, 2.45) is 5.10 Å². The number of carbonyl (C=O) groups excluding carboxylic acids is 2. The molecule has 3 aromatic carbocycles. The van der Waals surface area contributed by atoms with E-state index in [0.29, 0.717) is 22.0 Å². The number of carbonyl (C=O) groups is 2. The first-order valence-corrected chi connectivity index (χ1v) is 9.25. The van der Waals surface area contributed by atoms with Crippen molar-refractivity contribution in [2.75, 3.05) is 5.32 Å². The van der Waals surface area contributed by atoms with Gasteiger partial charge in [-0.15, -0.1) is 0 Å². The first-order chi connectivity index (χ1) is 14.5. The van der Waals surface area contributed by atoms with Crippen LogP contribution >= 0.6 is 11.6 Å². The van der Waals surface area contributed by atoms with Gasteiger partial charge >= 0.3 is 11.8 Å². The second kappa shape index (κ2) is 10.2. The van der Waals surface area contributed by atoms with E-state index in [9.17, 15) is 14.0 Å². The van der Waals surface area contributed by atoms with E-state index < -0.39 is 11.8 Å². The molecule has 0 spiro atoms. The molecule has 0 radical (unpaired) electrons. The highest BCUT2D eigenvalue weighted by molar-refractivity contribution is 6.41. The molecule has 2 amide bonds. The maximum Gasteiger partial charge on any atom is 0.329 e. The molecule has 0 aliphatic heterocycles. The van der Waals surface area contributed by atoms with E-state index in [0.717, 1.165) is 5.56 Å². The van der Waals surface area contributed by atoms with Gasteiger partial charge in [0.1, 0.15) is 18.2 Å². The number of anilines is 1. The maximum absolute atomic E-state index is 12.9. The summed E-state index contributed by atoms with van der Waals surface area (Å²) in [6, 6.07) is 19.6. The molecule has 0 fully saturated rings. The number of amides is 2. The molecule has 0 unspecified atom stereocenters. The number of nitrogens with zero attached hydrogens (tertiary/aromatic N) is 1. The van der Waals surface area contributed by atoms with Crippen LogP contribution in [-0.4, -0.2) is 18.0 Å². The third kappa shape index (κ3) is 6.15. The normalized spacial score (nSPS) is 10.6. The molecule has 0 aliphatic carbocycles. The highest BCUT2D eigenvalue weighted by Gasteiger charge is 2.14.